The van der Waals surface area contributed by atoms with Crippen molar-refractivity contribution in [2.24, 2.45) is 5.10 Å². The van der Waals surface area contributed by atoms with Gasteiger partial charge in [0.15, 0.2) is 0 Å². The number of hydrogen-bond acceptors (Lipinski definition) is 3. The van der Waals surface area contributed by atoms with Gasteiger partial charge in [0, 0.05) is 49.8 Å². The van der Waals surface area contributed by atoms with Gasteiger partial charge in [-0.1, -0.05) is 40.2 Å². The molecule has 0 aliphatic carbocycles. The van der Waals surface area contributed by atoms with Gasteiger partial charge in [-0.2, -0.15) is 5.10 Å². The lowest BCUT2D eigenvalue weighted by molar-refractivity contribution is -0.115. The average Bonchev–Trinajstić information content (AvgIpc) is 3.10. The molecule has 0 radical (unpaired) electrons. The number of amides is 2. The molecule has 0 fully saturated rings. The summed E-state index contributed by atoms with van der Waals surface area (Å²) in [5, 5.41) is 9.25. The average molecular weight is 491 g/mol. The highest BCUT2D eigenvalue weighted by Gasteiger charge is 2.12. The van der Waals surface area contributed by atoms with E-state index in [-0.39, 0.29) is 18.2 Å². The standard InChI is InChI=1S/C25H23BrN4O2/c1-3-30-22-10-5-4-9-20(22)21-15-19(11-12-23(21)30)27-24(31)13-16(2)28-29-25(32)17-7-6-8-18(26)14-17/h4-12,14-15H,3,13H2,1-2H3,(H,27,31)(H,29,32). The summed E-state index contributed by atoms with van der Waals surface area (Å²) in [6.45, 7) is 4.70. The summed E-state index contributed by atoms with van der Waals surface area (Å²) in [6, 6.07) is 21.2. The molecule has 0 spiro atoms. The largest absolute Gasteiger partial charge is 0.341 e. The van der Waals surface area contributed by atoms with Crippen LogP contribution in [0, 0.1) is 0 Å². The Morgan fingerprint density at radius 1 is 0.969 bits per heavy atom. The van der Waals surface area contributed by atoms with Crippen LogP contribution >= 0.6 is 15.9 Å². The van der Waals surface area contributed by atoms with Gasteiger partial charge in [-0.25, -0.2) is 5.43 Å². The van der Waals surface area contributed by atoms with Gasteiger partial charge in [0.1, 0.15) is 0 Å². The fraction of sp³-hybridized carbons (Fsp3) is 0.160. The Morgan fingerprint density at radius 2 is 1.75 bits per heavy atom. The zero-order valence-electron chi connectivity index (χ0n) is 17.9. The third kappa shape index (κ3) is 4.57. The summed E-state index contributed by atoms with van der Waals surface area (Å²) < 4.78 is 3.07. The van der Waals surface area contributed by atoms with Crippen LogP contribution in [0.15, 0.2) is 76.3 Å². The van der Waals surface area contributed by atoms with E-state index in [0.717, 1.165) is 33.0 Å². The minimum Gasteiger partial charge on any atom is -0.341 e. The molecule has 2 N–H and O–H groups in total. The van der Waals surface area contributed by atoms with Crippen molar-refractivity contribution in [2.45, 2.75) is 26.8 Å². The predicted octanol–water partition coefficient (Wildman–Crippen LogP) is 5.71. The van der Waals surface area contributed by atoms with Crippen molar-refractivity contribution in [3.8, 4) is 0 Å². The third-order valence-corrected chi connectivity index (χ3v) is 5.72. The smallest absolute Gasteiger partial charge is 0.271 e. The number of anilines is 1. The van der Waals surface area contributed by atoms with E-state index in [1.54, 1.807) is 25.1 Å². The second kappa shape index (κ2) is 9.36. The molecule has 0 saturated heterocycles. The Kier molecular flexibility index (Phi) is 6.37. The molecule has 0 bridgehead atoms. The lowest BCUT2D eigenvalue weighted by Crippen LogP contribution is -2.21. The van der Waals surface area contributed by atoms with Crippen LogP contribution in [0.25, 0.3) is 21.8 Å². The SMILES string of the molecule is CCn1c2ccccc2c2cc(NC(=O)CC(C)=NNC(=O)c3cccc(Br)c3)ccc21. The molecule has 1 aromatic heterocycles. The third-order valence-electron chi connectivity index (χ3n) is 5.22. The molecule has 2 amide bonds. The number of carbonyl (C=O) groups is 2. The lowest BCUT2D eigenvalue weighted by atomic mass is 10.1. The van der Waals surface area contributed by atoms with Gasteiger partial charge in [-0.05, 0) is 56.3 Å². The van der Waals surface area contributed by atoms with Crippen molar-refractivity contribution in [3.63, 3.8) is 0 Å². The number of aromatic nitrogens is 1. The maximum atomic E-state index is 12.5. The molecular formula is C25H23BrN4O2. The van der Waals surface area contributed by atoms with Crippen molar-refractivity contribution in [1.82, 2.24) is 9.99 Å². The number of nitrogens with zero attached hydrogens (tertiary/aromatic N) is 2. The number of fused-ring (bicyclic) bond motifs is 3. The van der Waals surface area contributed by atoms with Crippen LogP contribution in [-0.4, -0.2) is 22.1 Å². The van der Waals surface area contributed by atoms with Crippen LogP contribution < -0.4 is 10.7 Å². The number of hydrogen-bond donors (Lipinski definition) is 2. The van der Waals surface area contributed by atoms with E-state index >= 15 is 0 Å². The maximum absolute atomic E-state index is 12.5. The first-order valence-electron chi connectivity index (χ1n) is 10.4. The first-order chi connectivity index (χ1) is 15.5. The zero-order chi connectivity index (χ0) is 22.7. The Balaban J connectivity index is 1.45. The van der Waals surface area contributed by atoms with E-state index < -0.39 is 0 Å². The molecule has 0 unspecified atom stereocenters. The van der Waals surface area contributed by atoms with Crippen molar-refractivity contribution < 1.29 is 9.59 Å². The summed E-state index contributed by atoms with van der Waals surface area (Å²) in [7, 11) is 0. The van der Waals surface area contributed by atoms with Gasteiger partial charge in [0.05, 0.1) is 6.42 Å². The van der Waals surface area contributed by atoms with Crippen LogP contribution in [-0.2, 0) is 11.3 Å². The highest BCUT2D eigenvalue weighted by molar-refractivity contribution is 9.10. The van der Waals surface area contributed by atoms with Gasteiger partial charge >= 0.3 is 0 Å². The molecule has 3 aromatic carbocycles. The van der Waals surface area contributed by atoms with E-state index in [4.69, 9.17) is 0 Å². The fourth-order valence-corrected chi connectivity index (χ4v) is 4.19. The van der Waals surface area contributed by atoms with Crippen LogP contribution in [0.3, 0.4) is 0 Å². The van der Waals surface area contributed by atoms with E-state index in [1.807, 2.05) is 36.4 Å². The Morgan fingerprint density at radius 3 is 2.53 bits per heavy atom. The number of hydrazone groups is 1. The molecule has 0 atom stereocenters. The molecule has 32 heavy (non-hydrogen) atoms. The topological polar surface area (TPSA) is 75.5 Å². The van der Waals surface area contributed by atoms with E-state index in [2.05, 4.69) is 55.4 Å². The Bertz CT molecular complexity index is 1360. The second-order valence-electron chi connectivity index (χ2n) is 7.52. The normalized spacial score (nSPS) is 11.7. The number of carbonyl (C=O) groups excluding carboxylic acids is 2. The van der Waals surface area contributed by atoms with E-state index in [1.165, 1.54) is 5.52 Å². The maximum Gasteiger partial charge on any atom is 0.271 e. The second-order valence-corrected chi connectivity index (χ2v) is 8.43. The van der Waals surface area contributed by atoms with Crippen molar-refractivity contribution in [2.75, 3.05) is 5.32 Å². The molecule has 1 heterocycles. The number of para-hydroxylation sites is 1. The summed E-state index contributed by atoms with van der Waals surface area (Å²) in [5.41, 5.74) is 6.54. The predicted molar refractivity (Wildman–Crippen MR) is 133 cm³/mol. The number of aryl methyl sites for hydroxylation is 1. The number of halogens is 1. The molecular weight excluding hydrogens is 468 g/mol. The van der Waals surface area contributed by atoms with Gasteiger partial charge in [0.2, 0.25) is 5.91 Å². The van der Waals surface area contributed by atoms with E-state index in [9.17, 15) is 9.59 Å². The molecule has 7 heteroatoms. The first kappa shape index (κ1) is 21.8. The lowest BCUT2D eigenvalue weighted by Gasteiger charge is -2.07. The molecule has 4 aromatic rings. The highest BCUT2D eigenvalue weighted by atomic mass is 79.9. The Labute approximate surface area is 194 Å². The molecule has 0 saturated carbocycles. The minimum atomic E-state index is -0.330. The quantitative estimate of drug-likeness (QED) is 0.268. The van der Waals surface area contributed by atoms with Crippen LogP contribution in [0.2, 0.25) is 0 Å². The van der Waals surface area contributed by atoms with Crippen molar-refractivity contribution in [1.29, 1.82) is 0 Å². The van der Waals surface area contributed by atoms with Gasteiger partial charge in [-0.3, -0.25) is 9.59 Å². The Hall–Kier alpha value is -3.45. The van der Waals surface area contributed by atoms with Crippen LogP contribution in [0.4, 0.5) is 5.69 Å². The minimum absolute atomic E-state index is 0.0769. The van der Waals surface area contributed by atoms with E-state index in [0.29, 0.717) is 11.3 Å². The summed E-state index contributed by atoms with van der Waals surface area (Å²) >= 11 is 3.34. The zero-order valence-corrected chi connectivity index (χ0v) is 19.4. The molecule has 0 aliphatic heterocycles. The van der Waals surface area contributed by atoms with Gasteiger partial charge < -0.3 is 9.88 Å². The monoisotopic (exact) mass is 490 g/mol. The summed E-state index contributed by atoms with van der Waals surface area (Å²) in [6.07, 6.45) is 0.0769. The molecule has 0 aliphatic rings. The molecule has 6 nitrogen and oxygen atoms in total. The van der Waals surface area contributed by atoms with Crippen LogP contribution in [0.1, 0.15) is 30.6 Å². The number of rotatable bonds is 6. The number of benzene rings is 3. The number of nitrogens with one attached hydrogen (secondary N) is 2. The first-order valence-corrected chi connectivity index (χ1v) is 11.2. The fourth-order valence-electron chi connectivity index (χ4n) is 3.79. The highest BCUT2D eigenvalue weighted by Crippen LogP contribution is 2.31. The summed E-state index contributed by atoms with van der Waals surface area (Å²) in [5.74, 6) is -0.523. The van der Waals surface area contributed by atoms with Crippen LogP contribution in [0.5, 0.6) is 0 Å². The van der Waals surface area contributed by atoms with Gasteiger partial charge in [-0.15, -0.1) is 0 Å². The van der Waals surface area contributed by atoms with Gasteiger partial charge in [0.25, 0.3) is 5.91 Å². The van der Waals surface area contributed by atoms with Crippen molar-refractivity contribution >= 4 is 60.9 Å². The summed E-state index contributed by atoms with van der Waals surface area (Å²) in [4.78, 5) is 24.7. The van der Waals surface area contributed by atoms with Crippen molar-refractivity contribution in [3.05, 3.63) is 76.8 Å². The molecule has 162 valence electrons. The molecule has 4 rings (SSSR count).